The van der Waals surface area contributed by atoms with Crippen LogP contribution < -0.4 is 0 Å². The van der Waals surface area contributed by atoms with E-state index < -0.39 is 11.4 Å². The number of carboxylic acids is 1. The molecule has 0 unspecified atom stereocenters. The molecule has 1 N–H and O–H groups in total. The standard InChI is InChI=1S/C15H24N2O2S/c1-14(2,3)12-16-11(10-20-12)9-17-7-5-15(4,6-8-17)13(18)19/h10H,5-9H2,1-4H3,(H,18,19). The molecular formula is C15H24N2O2S. The third-order valence-corrected chi connectivity index (χ3v) is 5.37. The second-order valence-corrected chi connectivity index (χ2v) is 7.89. The smallest absolute Gasteiger partial charge is 0.309 e. The minimum absolute atomic E-state index is 0.104. The second kappa shape index (κ2) is 5.45. The van der Waals surface area contributed by atoms with E-state index in [0.717, 1.165) is 38.2 Å². The Morgan fingerprint density at radius 1 is 1.45 bits per heavy atom. The first-order valence-corrected chi connectivity index (χ1v) is 7.99. The molecule has 0 saturated carbocycles. The highest BCUT2D eigenvalue weighted by molar-refractivity contribution is 7.09. The Bertz CT molecular complexity index is 482. The van der Waals surface area contributed by atoms with Crippen molar-refractivity contribution in [2.75, 3.05) is 13.1 Å². The van der Waals surface area contributed by atoms with E-state index in [-0.39, 0.29) is 5.41 Å². The van der Waals surface area contributed by atoms with Crippen molar-refractivity contribution in [2.24, 2.45) is 5.41 Å². The van der Waals surface area contributed by atoms with Crippen molar-refractivity contribution in [3.8, 4) is 0 Å². The fourth-order valence-electron chi connectivity index (χ4n) is 2.37. The van der Waals surface area contributed by atoms with Crippen molar-refractivity contribution in [3.05, 3.63) is 16.1 Å². The van der Waals surface area contributed by atoms with Gasteiger partial charge in [-0.05, 0) is 32.9 Å². The molecule has 0 bridgehead atoms. The Kier molecular flexibility index (Phi) is 4.21. The van der Waals surface area contributed by atoms with E-state index in [1.165, 1.54) is 5.01 Å². The highest BCUT2D eigenvalue weighted by atomic mass is 32.1. The minimum atomic E-state index is -0.666. The Labute approximate surface area is 124 Å². The number of piperidine rings is 1. The average molecular weight is 296 g/mol. The van der Waals surface area contributed by atoms with E-state index >= 15 is 0 Å². The summed E-state index contributed by atoms with van der Waals surface area (Å²) < 4.78 is 0. The van der Waals surface area contributed by atoms with Gasteiger partial charge in [-0.2, -0.15) is 0 Å². The Balaban J connectivity index is 1.93. The van der Waals surface area contributed by atoms with Crippen LogP contribution in [0, 0.1) is 5.41 Å². The minimum Gasteiger partial charge on any atom is -0.481 e. The van der Waals surface area contributed by atoms with E-state index in [0.29, 0.717) is 0 Å². The van der Waals surface area contributed by atoms with Gasteiger partial charge in [0.2, 0.25) is 0 Å². The van der Waals surface area contributed by atoms with E-state index in [2.05, 4.69) is 31.1 Å². The van der Waals surface area contributed by atoms with Gasteiger partial charge in [0.1, 0.15) is 0 Å². The summed E-state index contributed by atoms with van der Waals surface area (Å²) in [6.45, 7) is 10.9. The van der Waals surface area contributed by atoms with Gasteiger partial charge in [0, 0.05) is 17.3 Å². The SMILES string of the molecule is CC1(C(=O)O)CCN(Cc2csc(C(C)(C)C)n2)CC1. The average Bonchev–Trinajstić information content (AvgIpc) is 2.80. The molecule has 1 aromatic heterocycles. The highest BCUT2D eigenvalue weighted by Gasteiger charge is 2.36. The lowest BCUT2D eigenvalue weighted by atomic mass is 9.80. The normalized spacial score (nSPS) is 20.0. The molecule has 5 heteroatoms. The number of carboxylic acid groups (broad SMARTS) is 1. The zero-order valence-electron chi connectivity index (χ0n) is 12.8. The van der Waals surface area contributed by atoms with Crippen molar-refractivity contribution >= 4 is 17.3 Å². The molecule has 0 aliphatic carbocycles. The Morgan fingerprint density at radius 3 is 2.50 bits per heavy atom. The zero-order chi connectivity index (χ0) is 15.0. The van der Waals surface area contributed by atoms with E-state index in [4.69, 9.17) is 4.98 Å². The van der Waals surface area contributed by atoms with Gasteiger partial charge in [0.05, 0.1) is 16.1 Å². The number of thiazole rings is 1. The fraction of sp³-hybridized carbons (Fsp3) is 0.733. The maximum atomic E-state index is 11.2. The lowest BCUT2D eigenvalue weighted by Crippen LogP contribution is -2.42. The highest BCUT2D eigenvalue weighted by Crippen LogP contribution is 2.32. The molecule has 4 nitrogen and oxygen atoms in total. The summed E-state index contributed by atoms with van der Waals surface area (Å²) in [5.41, 5.74) is 0.667. The van der Waals surface area contributed by atoms with Crippen LogP contribution in [0.25, 0.3) is 0 Å². The lowest BCUT2D eigenvalue weighted by Gasteiger charge is -2.36. The molecule has 1 fully saturated rings. The molecule has 0 amide bonds. The number of hydrogen-bond acceptors (Lipinski definition) is 4. The van der Waals surface area contributed by atoms with E-state index in [9.17, 15) is 9.90 Å². The number of rotatable bonds is 3. The molecule has 1 aliphatic heterocycles. The summed E-state index contributed by atoms with van der Waals surface area (Å²) >= 11 is 1.72. The van der Waals surface area contributed by atoms with Crippen molar-refractivity contribution in [2.45, 2.75) is 52.5 Å². The van der Waals surface area contributed by atoms with Gasteiger partial charge in [-0.25, -0.2) is 4.98 Å². The number of aromatic nitrogens is 1. The maximum Gasteiger partial charge on any atom is 0.309 e. The van der Waals surface area contributed by atoms with Crippen LogP contribution >= 0.6 is 11.3 Å². The first-order chi connectivity index (χ1) is 9.21. The summed E-state index contributed by atoms with van der Waals surface area (Å²) in [5, 5.41) is 12.5. The fourth-order valence-corrected chi connectivity index (χ4v) is 3.27. The van der Waals surface area contributed by atoms with Crippen molar-refractivity contribution < 1.29 is 9.90 Å². The summed E-state index contributed by atoms with van der Waals surface area (Å²) in [6, 6.07) is 0. The van der Waals surface area contributed by atoms with Gasteiger partial charge in [-0.15, -0.1) is 11.3 Å². The van der Waals surface area contributed by atoms with Gasteiger partial charge >= 0.3 is 5.97 Å². The van der Waals surface area contributed by atoms with E-state index in [1.807, 2.05) is 6.92 Å². The zero-order valence-corrected chi connectivity index (χ0v) is 13.6. The first-order valence-electron chi connectivity index (χ1n) is 7.11. The molecule has 2 rings (SSSR count). The molecule has 112 valence electrons. The number of carbonyl (C=O) groups is 1. The molecule has 1 aromatic rings. The number of hydrogen-bond donors (Lipinski definition) is 1. The maximum absolute atomic E-state index is 11.2. The number of nitrogens with zero attached hydrogens (tertiary/aromatic N) is 2. The molecule has 0 radical (unpaired) electrons. The van der Waals surface area contributed by atoms with Gasteiger partial charge in [0.15, 0.2) is 0 Å². The van der Waals surface area contributed by atoms with Crippen LogP contribution in [0.3, 0.4) is 0 Å². The predicted molar refractivity (Wildman–Crippen MR) is 81.1 cm³/mol. The Morgan fingerprint density at radius 2 is 2.05 bits per heavy atom. The number of aliphatic carboxylic acids is 1. The van der Waals surface area contributed by atoms with Crippen molar-refractivity contribution in [3.63, 3.8) is 0 Å². The molecule has 0 spiro atoms. The topological polar surface area (TPSA) is 53.4 Å². The van der Waals surface area contributed by atoms with Crippen LogP contribution in [0.2, 0.25) is 0 Å². The van der Waals surface area contributed by atoms with Gasteiger partial charge in [-0.3, -0.25) is 9.69 Å². The lowest BCUT2D eigenvalue weighted by molar-refractivity contribution is -0.150. The van der Waals surface area contributed by atoms with Crippen LogP contribution in [-0.4, -0.2) is 34.0 Å². The molecular weight excluding hydrogens is 272 g/mol. The number of likely N-dealkylation sites (tertiary alicyclic amines) is 1. The van der Waals surface area contributed by atoms with Crippen LogP contribution in [0.4, 0.5) is 0 Å². The third kappa shape index (κ3) is 3.38. The van der Waals surface area contributed by atoms with Crippen LogP contribution in [0.15, 0.2) is 5.38 Å². The van der Waals surface area contributed by atoms with Crippen LogP contribution in [0.1, 0.15) is 51.2 Å². The molecule has 0 aromatic carbocycles. The van der Waals surface area contributed by atoms with Gasteiger partial charge in [-0.1, -0.05) is 20.8 Å². The molecule has 2 heterocycles. The van der Waals surface area contributed by atoms with Crippen LogP contribution in [-0.2, 0) is 16.8 Å². The summed E-state index contributed by atoms with van der Waals surface area (Å²) in [4.78, 5) is 18.2. The second-order valence-electron chi connectivity index (χ2n) is 7.04. The summed E-state index contributed by atoms with van der Waals surface area (Å²) in [6.07, 6.45) is 1.44. The molecule has 1 aliphatic rings. The predicted octanol–water partition coefficient (Wildman–Crippen LogP) is 3.13. The quantitative estimate of drug-likeness (QED) is 0.931. The summed E-state index contributed by atoms with van der Waals surface area (Å²) in [7, 11) is 0. The monoisotopic (exact) mass is 296 g/mol. The molecule has 20 heavy (non-hydrogen) atoms. The molecule has 1 saturated heterocycles. The summed E-state index contributed by atoms with van der Waals surface area (Å²) in [5.74, 6) is -0.666. The van der Waals surface area contributed by atoms with Crippen molar-refractivity contribution in [1.29, 1.82) is 0 Å². The third-order valence-electron chi connectivity index (χ3n) is 4.05. The largest absolute Gasteiger partial charge is 0.481 e. The molecule has 0 atom stereocenters. The van der Waals surface area contributed by atoms with Gasteiger partial charge in [0.25, 0.3) is 0 Å². The van der Waals surface area contributed by atoms with E-state index in [1.54, 1.807) is 11.3 Å². The Hall–Kier alpha value is -0.940. The van der Waals surface area contributed by atoms with Crippen LogP contribution in [0.5, 0.6) is 0 Å². The van der Waals surface area contributed by atoms with Gasteiger partial charge < -0.3 is 5.11 Å². The van der Waals surface area contributed by atoms with Crippen molar-refractivity contribution in [1.82, 2.24) is 9.88 Å². The first kappa shape index (κ1) is 15.4.